The molecule has 0 aromatic heterocycles. The van der Waals surface area contributed by atoms with Gasteiger partial charge in [0.1, 0.15) is 5.60 Å². The van der Waals surface area contributed by atoms with E-state index in [1.807, 2.05) is 4.90 Å². The highest BCUT2D eigenvalue weighted by molar-refractivity contribution is 5.85. The number of nitrogens with zero attached hydrogens (tertiary/aromatic N) is 2. The van der Waals surface area contributed by atoms with Crippen molar-refractivity contribution >= 4 is 11.8 Å². The van der Waals surface area contributed by atoms with Crippen LogP contribution >= 0.6 is 0 Å². The van der Waals surface area contributed by atoms with Crippen LogP contribution in [-0.2, 0) is 9.59 Å². The summed E-state index contributed by atoms with van der Waals surface area (Å²) in [5, 5.41) is 10.6. The lowest BCUT2D eigenvalue weighted by Crippen LogP contribution is -2.55. The van der Waals surface area contributed by atoms with E-state index < -0.39 is 5.60 Å². The second-order valence-electron chi connectivity index (χ2n) is 7.41. The zero-order chi connectivity index (χ0) is 16.4. The zero-order valence-corrected chi connectivity index (χ0v) is 13.9. The first-order valence-corrected chi connectivity index (χ1v) is 9.08. The first-order valence-electron chi connectivity index (χ1n) is 9.08. The predicted molar refractivity (Wildman–Crippen MR) is 86.6 cm³/mol. The number of piperidine rings is 1. The van der Waals surface area contributed by atoms with E-state index in [-0.39, 0.29) is 17.9 Å². The fourth-order valence-electron chi connectivity index (χ4n) is 4.58. The van der Waals surface area contributed by atoms with Crippen molar-refractivity contribution in [2.24, 2.45) is 5.73 Å². The fraction of sp³-hybridized carbons (Fsp3) is 0.882. The minimum atomic E-state index is -1.13. The number of nitrogens with two attached hydrogens (primary N) is 1. The third-order valence-corrected chi connectivity index (χ3v) is 5.92. The van der Waals surface area contributed by atoms with E-state index in [2.05, 4.69) is 4.90 Å². The average molecular weight is 323 g/mol. The van der Waals surface area contributed by atoms with Crippen LogP contribution in [0, 0.1) is 0 Å². The van der Waals surface area contributed by atoms with E-state index in [0.29, 0.717) is 32.0 Å². The quantitative estimate of drug-likeness (QED) is 0.797. The summed E-state index contributed by atoms with van der Waals surface area (Å²) in [4.78, 5) is 28.3. The molecule has 2 saturated heterocycles. The Hall–Kier alpha value is -1.14. The highest BCUT2D eigenvalue weighted by Gasteiger charge is 2.42. The van der Waals surface area contributed by atoms with Crippen LogP contribution in [0.5, 0.6) is 0 Å². The molecule has 3 aliphatic rings. The van der Waals surface area contributed by atoms with E-state index in [1.165, 1.54) is 0 Å². The van der Waals surface area contributed by atoms with E-state index >= 15 is 0 Å². The molecule has 1 saturated carbocycles. The van der Waals surface area contributed by atoms with Crippen molar-refractivity contribution < 1.29 is 14.7 Å². The van der Waals surface area contributed by atoms with Crippen molar-refractivity contribution in [2.75, 3.05) is 19.6 Å². The van der Waals surface area contributed by atoms with Crippen molar-refractivity contribution in [2.45, 2.75) is 75.5 Å². The van der Waals surface area contributed by atoms with E-state index in [9.17, 15) is 14.7 Å². The molecule has 0 bridgehead atoms. The maximum atomic E-state index is 12.7. The molecule has 0 radical (unpaired) electrons. The molecular weight excluding hydrogens is 294 g/mol. The van der Waals surface area contributed by atoms with E-state index in [0.717, 1.165) is 51.5 Å². The molecule has 2 heterocycles. The SMILES string of the molecule is NC(=O)C1CCCN1C1CCN(C(=O)C2(O)CCCCC2)CC1. The maximum absolute atomic E-state index is 12.7. The standard InChI is InChI=1S/C17H29N3O3/c18-15(21)14-5-4-10-20(14)13-6-11-19(12-7-13)16(22)17(23)8-2-1-3-9-17/h13-14,23H,1-12H2,(H2,18,21). The molecule has 0 aromatic rings. The van der Waals surface area contributed by atoms with Gasteiger partial charge >= 0.3 is 0 Å². The van der Waals surface area contributed by atoms with Gasteiger partial charge in [0.15, 0.2) is 0 Å². The number of hydrogen-bond donors (Lipinski definition) is 2. The normalized spacial score (nSPS) is 29.6. The number of carbonyl (C=O) groups is 2. The Morgan fingerprint density at radius 2 is 1.61 bits per heavy atom. The number of rotatable bonds is 3. The van der Waals surface area contributed by atoms with Crippen LogP contribution in [-0.4, -0.2) is 64.0 Å². The molecule has 130 valence electrons. The monoisotopic (exact) mass is 323 g/mol. The topological polar surface area (TPSA) is 86.9 Å². The molecule has 6 nitrogen and oxygen atoms in total. The van der Waals surface area contributed by atoms with Gasteiger partial charge in [-0.3, -0.25) is 14.5 Å². The molecule has 23 heavy (non-hydrogen) atoms. The first-order chi connectivity index (χ1) is 11.0. The summed E-state index contributed by atoms with van der Waals surface area (Å²) in [6.07, 6.45) is 7.79. The summed E-state index contributed by atoms with van der Waals surface area (Å²) in [6.45, 7) is 2.28. The molecule has 3 fully saturated rings. The van der Waals surface area contributed by atoms with Gasteiger partial charge in [0, 0.05) is 19.1 Å². The average Bonchev–Trinajstić information content (AvgIpc) is 3.05. The summed E-state index contributed by atoms with van der Waals surface area (Å²) < 4.78 is 0. The van der Waals surface area contributed by atoms with Gasteiger partial charge in [0.2, 0.25) is 5.91 Å². The lowest BCUT2D eigenvalue weighted by Gasteiger charge is -2.42. The summed E-state index contributed by atoms with van der Waals surface area (Å²) in [6, 6.07) is 0.199. The van der Waals surface area contributed by atoms with Gasteiger partial charge in [-0.05, 0) is 45.1 Å². The molecule has 6 heteroatoms. The smallest absolute Gasteiger partial charge is 0.254 e. The van der Waals surface area contributed by atoms with Crippen molar-refractivity contribution in [3.63, 3.8) is 0 Å². The molecule has 1 atom stereocenters. The Morgan fingerprint density at radius 3 is 2.22 bits per heavy atom. The Kier molecular flexibility index (Phi) is 4.92. The largest absolute Gasteiger partial charge is 0.380 e. The zero-order valence-electron chi connectivity index (χ0n) is 13.9. The van der Waals surface area contributed by atoms with Gasteiger partial charge in [0.25, 0.3) is 5.91 Å². The van der Waals surface area contributed by atoms with Gasteiger partial charge in [-0.2, -0.15) is 0 Å². The lowest BCUT2D eigenvalue weighted by atomic mass is 9.83. The number of likely N-dealkylation sites (tertiary alicyclic amines) is 2. The van der Waals surface area contributed by atoms with Crippen molar-refractivity contribution in [3.8, 4) is 0 Å². The number of primary amides is 1. The molecule has 3 N–H and O–H groups in total. The number of hydrogen-bond acceptors (Lipinski definition) is 4. The lowest BCUT2D eigenvalue weighted by molar-refractivity contribution is -0.156. The maximum Gasteiger partial charge on any atom is 0.254 e. The molecule has 3 rings (SSSR count). The molecule has 2 amide bonds. The van der Waals surface area contributed by atoms with Crippen LogP contribution in [0.3, 0.4) is 0 Å². The highest BCUT2D eigenvalue weighted by atomic mass is 16.3. The van der Waals surface area contributed by atoms with Crippen molar-refractivity contribution in [3.05, 3.63) is 0 Å². The Balaban J connectivity index is 1.56. The Labute approximate surface area is 138 Å². The molecule has 1 unspecified atom stereocenters. The van der Waals surface area contributed by atoms with Gasteiger partial charge < -0.3 is 15.7 Å². The third-order valence-electron chi connectivity index (χ3n) is 5.92. The van der Waals surface area contributed by atoms with Gasteiger partial charge in [0.05, 0.1) is 6.04 Å². The van der Waals surface area contributed by atoms with Gasteiger partial charge in [-0.1, -0.05) is 19.3 Å². The number of carbonyl (C=O) groups excluding carboxylic acids is 2. The number of aliphatic hydroxyl groups is 1. The molecule has 0 spiro atoms. The summed E-state index contributed by atoms with van der Waals surface area (Å²) in [5.74, 6) is -0.305. The van der Waals surface area contributed by atoms with Crippen LogP contribution in [0.1, 0.15) is 57.8 Å². The molecular formula is C17H29N3O3. The Morgan fingerprint density at radius 1 is 0.957 bits per heavy atom. The fourth-order valence-corrected chi connectivity index (χ4v) is 4.58. The number of amides is 2. The summed E-state index contributed by atoms with van der Waals surface area (Å²) >= 11 is 0. The van der Waals surface area contributed by atoms with Crippen LogP contribution in [0.15, 0.2) is 0 Å². The molecule has 1 aliphatic carbocycles. The second kappa shape index (κ2) is 6.77. The van der Waals surface area contributed by atoms with Gasteiger partial charge in [-0.25, -0.2) is 0 Å². The Bertz CT molecular complexity index is 454. The minimum absolute atomic E-state index is 0.0801. The van der Waals surface area contributed by atoms with E-state index in [4.69, 9.17) is 5.73 Å². The summed E-state index contributed by atoms with van der Waals surface area (Å²) in [7, 11) is 0. The third kappa shape index (κ3) is 3.38. The predicted octanol–water partition coefficient (Wildman–Crippen LogP) is 0.622. The highest BCUT2D eigenvalue weighted by Crippen LogP contribution is 2.32. The van der Waals surface area contributed by atoms with E-state index in [1.54, 1.807) is 0 Å². The minimum Gasteiger partial charge on any atom is -0.380 e. The van der Waals surface area contributed by atoms with Crippen LogP contribution in [0.2, 0.25) is 0 Å². The first kappa shape index (κ1) is 16.7. The molecule has 2 aliphatic heterocycles. The summed E-state index contributed by atoms with van der Waals surface area (Å²) in [5.41, 5.74) is 4.38. The van der Waals surface area contributed by atoms with Crippen LogP contribution in [0.25, 0.3) is 0 Å². The van der Waals surface area contributed by atoms with Gasteiger partial charge in [-0.15, -0.1) is 0 Å². The molecule has 0 aromatic carbocycles. The second-order valence-corrected chi connectivity index (χ2v) is 7.41. The van der Waals surface area contributed by atoms with Crippen LogP contribution in [0.4, 0.5) is 0 Å². The van der Waals surface area contributed by atoms with Crippen molar-refractivity contribution in [1.82, 2.24) is 9.80 Å². The van der Waals surface area contributed by atoms with Crippen molar-refractivity contribution in [1.29, 1.82) is 0 Å². The van der Waals surface area contributed by atoms with Crippen LogP contribution < -0.4 is 5.73 Å².